The van der Waals surface area contributed by atoms with Crippen molar-refractivity contribution in [3.05, 3.63) is 41.1 Å². The van der Waals surface area contributed by atoms with Crippen LogP contribution >= 0.6 is 23.4 Å². The van der Waals surface area contributed by atoms with Crippen molar-refractivity contribution in [2.45, 2.75) is 12.1 Å². The minimum Gasteiger partial charge on any atom is -0.411 e. The molecule has 1 aromatic carbocycles. The van der Waals surface area contributed by atoms with Gasteiger partial charge in [-0.3, -0.25) is 4.79 Å². The number of benzene rings is 1. The Hall–Kier alpha value is -2.32. The van der Waals surface area contributed by atoms with Crippen LogP contribution in [0.2, 0.25) is 5.02 Å². The lowest BCUT2D eigenvalue weighted by molar-refractivity contribution is -0.113. The zero-order chi connectivity index (χ0) is 16.2. The number of carbonyl (C=O) groups excluding carboxylic acids is 1. The number of rotatable bonds is 5. The SMILES string of the molecule is Cc1cc(NC(=O)CSc2nnc(-c3cccc(Cl)c3)o2)no1. The molecule has 0 aliphatic rings. The summed E-state index contributed by atoms with van der Waals surface area (Å²) in [6.45, 7) is 1.74. The summed E-state index contributed by atoms with van der Waals surface area (Å²) in [6, 6.07) is 8.72. The van der Waals surface area contributed by atoms with E-state index >= 15 is 0 Å². The quantitative estimate of drug-likeness (QED) is 0.704. The van der Waals surface area contributed by atoms with E-state index in [0.717, 1.165) is 17.3 Å². The van der Waals surface area contributed by atoms with Crippen LogP contribution in [-0.2, 0) is 4.79 Å². The summed E-state index contributed by atoms with van der Waals surface area (Å²) in [7, 11) is 0. The van der Waals surface area contributed by atoms with Crippen LogP contribution in [0.15, 0.2) is 44.5 Å². The zero-order valence-electron chi connectivity index (χ0n) is 11.9. The molecule has 0 saturated heterocycles. The Bertz CT molecular complexity index is 833. The van der Waals surface area contributed by atoms with Gasteiger partial charge in [-0.15, -0.1) is 10.2 Å². The second-order valence-corrected chi connectivity index (χ2v) is 5.91. The lowest BCUT2D eigenvalue weighted by Gasteiger charge is -1.98. The molecule has 0 bridgehead atoms. The molecule has 2 aromatic heterocycles. The van der Waals surface area contributed by atoms with Crippen molar-refractivity contribution in [3.63, 3.8) is 0 Å². The predicted octanol–water partition coefficient (Wildman–Crippen LogP) is 3.42. The molecule has 0 aliphatic carbocycles. The average molecular weight is 351 g/mol. The van der Waals surface area contributed by atoms with Gasteiger partial charge < -0.3 is 14.3 Å². The van der Waals surface area contributed by atoms with Gasteiger partial charge in [-0.25, -0.2) is 0 Å². The van der Waals surface area contributed by atoms with Crippen molar-refractivity contribution in [3.8, 4) is 11.5 Å². The summed E-state index contributed by atoms with van der Waals surface area (Å²) >= 11 is 7.05. The van der Waals surface area contributed by atoms with E-state index in [4.69, 9.17) is 20.5 Å². The first kappa shape index (κ1) is 15.6. The Kier molecular flexibility index (Phi) is 4.63. The van der Waals surface area contributed by atoms with Gasteiger partial charge in [0, 0.05) is 16.7 Å². The number of nitrogens with zero attached hydrogens (tertiary/aromatic N) is 3. The molecule has 2 heterocycles. The number of amides is 1. The van der Waals surface area contributed by atoms with Gasteiger partial charge >= 0.3 is 0 Å². The molecule has 3 rings (SSSR count). The van der Waals surface area contributed by atoms with Crippen molar-refractivity contribution in [2.75, 3.05) is 11.1 Å². The number of aryl methyl sites for hydroxylation is 1. The molecule has 0 radical (unpaired) electrons. The third-order valence-electron chi connectivity index (χ3n) is 2.70. The van der Waals surface area contributed by atoms with E-state index in [2.05, 4.69) is 20.7 Å². The number of nitrogens with one attached hydrogen (secondary N) is 1. The maximum Gasteiger partial charge on any atom is 0.277 e. The third kappa shape index (κ3) is 4.11. The minimum absolute atomic E-state index is 0.114. The number of thioether (sulfide) groups is 1. The van der Waals surface area contributed by atoms with Crippen LogP contribution in [0.3, 0.4) is 0 Å². The van der Waals surface area contributed by atoms with Crippen LogP contribution < -0.4 is 5.32 Å². The fraction of sp³-hybridized carbons (Fsp3) is 0.143. The summed E-state index contributed by atoms with van der Waals surface area (Å²) < 4.78 is 10.4. The van der Waals surface area contributed by atoms with E-state index in [0.29, 0.717) is 27.7 Å². The van der Waals surface area contributed by atoms with Crippen LogP contribution in [-0.4, -0.2) is 27.0 Å². The standard InChI is InChI=1S/C14H11ClN4O3S/c1-8-5-11(19-22-8)16-12(20)7-23-14-18-17-13(21-14)9-3-2-4-10(15)6-9/h2-6H,7H2,1H3,(H,16,19,20). The molecule has 7 nitrogen and oxygen atoms in total. The molecule has 0 unspecified atom stereocenters. The van der Waals surface area contributed by atoms with Crippen LogP contribution in [0.5, 0.6) is 0 Å². The Morgan fingerprint density at radius 1 is 1.35 bits per heavy atom. The molecule has 118 valence electrons. The van der Waals surface area contributed by atoms with E-state index in [1.807, 2.05) is 6.07 Å². The fourth-order valence-corrected chi connectivity index (χ4v) is 2.49. The highest BCUT2D eigenvalue weighted by Gasteiger charge is 2.12. The zero-order valence-corrected chi connectivity index (χ0v) is 13.5. The monoisotopic (exact) mass is 350 g/mol. The maximum absolute atomic E-state index is 11.8. The van der Waals surface area contributed by atoms with E-state index < -0.39 is 0 Å². The van der Waals surface area contributed by atoms with Crippen LogP contribution in [0.4, 0.5) is 5.82 Å². The molecule has 1 amide bonds. The summed E-state index contributed by atoms with van der Waals surface area (Å²) in [5.41, 5.74) is 0.722. The summed E-state index contributed by atoms with van der Waals surface area (Å²) in [5.74, 6) is 1.21. The first-order valence-electron chi connectivity index (χ1n) is 6.55. The Morgan fingerprint density at radius 3 is 2.96 bits per heavy atom. The number of aromatic nitrogens is 3. The minimum atomic E-state index is -0.245. The normalized spacial score (nSPS) is 10.7. The molecule has 0 atom stereocenters. The molecular weight excluding hydrogens is 340 g/mol. The van der Waals surface area contributed by atoms with Gasteiger partial charge in [0.25, 0.3) is 5.22 Å². The van der Waals surface area contributed by atoms with Gasteiger partial charge in [-0.2, -0.15) is 0 Å². The van der Waals surface area contributed by atoms with Crippen molar-refractivity contribution in [2.24, 2.45) is 0 Å². The summed E-state index contributed by atoms with van der Waals surface area (Å²) in [5, 5.41) is 15.0. The highest BCUT2D eigenvalue weighted by Crippen LogP contribution is 2.25. The Morgan fingerprint density at radius 2 is 2.22 bits per heavy atom. The van der Waals surface area contributed by atoms with Crippen molar-refractivity contribution in [1.29, 1.82) is 0 Å². The van der Waals surface area contributed by atoms with Gasteiger partial charge in [0.05, 0.1) is 5.75 Å². The van der Waals surface area contributed by atoms with Gasteiger partial charge in [-0.1, -0.05) is 34.6 Å². The van der Waals surface area contributed by atoms with Crippen molar-refractivity contribution < 1.29 is 13.7 Å². The molecule has 0 spiro atoms. The Labute approximate surface area is 140 Å². The summed E-state index contributed by atoms with van der Waals surface area (Å²) in [4.78, 5) is 11.8. The predicted molar refractivity (Wildman–Crippen MR) is 85.3 cm³/mol. The van der Waals surface area contributed by atoms with Crippen LogP contribution in [0.1, 0.15) is 5.76 Å². The molecule has 3 aromatic rings. The third-order valence-corrected chi connectivity index (χ3v) is 3.75. The maximum atomic E-state index is 11.8. The van der Waals surface area contributed by atoms with E-state index in [1.54, 1.807) is 31.2 Å². The number of carbonyl (C=O) groups is 1. The average Bonchev–Trinajstić information content (AvgIpc) is 3.14. The first-order valence-corrected chi connectivity index (χ1v) is 7.92. The largest absolute Gasteiger partial charge is 0.411 e. The molecule has 0 saturated carbocycles. The molecule has 0 fully saturated rings. The van der Waals surface area contributed by atoms with Gasteiger partial charge in [0.2, 0.25) is 11.8 Å². The summed E-state index contributed by atoms with van der Waals surface area (Å²) in [6.07, 6.45) is 0. The molecular formula is C14H11ClN4O3S. The van der Waals surface area contributed by atoms with Crippen molar-refractivity contribution in [1.82, 2.24) is 15.4 Å². The number of hydrogen-bond donors (Lipinski definition) is 1. The molecule has 0 aliphatic heterocycles. The van der Waals surface area contributed by atoms with Gasteiger partial charge in [0.15, 0.2) is 5.82 Å². The lowest BCUT2D eigenvalue weighted by Crippen LogP contribution is -2.14. The van der Waals surface area contributed by atoms with Gasteiger partial charge in [-0.05, 0) is 25.1 Å². The molecule has 9 heteroatoms. The van der Waals surface area contributed by atoms with Crippen molar-refractivity contribution >= 4 is 35.1 Å². The van der Waals surface area contributed by atoms with Crippen LogP contribution in [0.25, 0.3) is 11.5 Å². The highest BCUT2D eigenvalue weighted by molar-refractivity contribution is 7.99. The van der Waals surface area contributed by atoms with E-state index in [-0.39, 0.29) is 11.7 Å². The fourth-order valence-electron chi connectivity index (χ4n) is 1.74. The topological polar surface area (TPSA) is 94.1 Å². The Balaban J connectivity index is 1.58. The molecule has 23 heavy (non-hydrogen) atoms. The number of halogens is 1. The second kappa shape index (κ2) is 6.84. The highest BCUT2D eigenvalue weighted by atomic mass is 35.5. The van der Waals surface area contributed by atoms with E-state index in [9.17, 15) is 4.79 Å². The second-order valence-electron chi connectivity index (χ2n) is 4.54. The van der Waals surface area contributed by atoms with Crippen LogP contribution in [0, 0.1) is 6.92 Å². The molecule has 1 N–H and O–H groups in total. The smallest absolute Gasteiger partial charge is 0.277 e. The van der Waals surface area contributed by atoms with Gasteiger partial charge in [0.1, 0.15) is 5.76 Å². The number of hydrogen-bond acceptors (Lipinski definition) is 7. The lowest BCUT2D eigenvalue weighted by atomic mass is 10.2. The first-order chi connectivity index (χ1) is 11.1. The number of anilines is 1. The van der Waals surface area contributed by atoms with E-state index in [1.165, 1.54) is 0 Å².